The number of carbonyl (C=O) groups excluding carboxylic acids is 3. The lowest BCUT2D eigenvalue weighted by Crippen LogP contribution is -2.46. The highest BCUT2D eigenvalue weighted by molar-refractivity contribution is 5.98. The van der Waals surface area contributed by atoms with Crippen molar-refractivity contribution in [1.29, 1.82) is 0 Å². The monoisotopic (exact) mass is 440 g/mol. The van der Waals surface area contributed by atoms with E-state index in [4.69, 9.17) is 14.2 Å². The minimum atomic E-state index is -1.44. The van der Waals surface area contributed by atoms with E-state index in [1.165, 1.54) is 0 Å². The Kier molecular flexibility index (Phi) is 9.08. The van der Waals surface area contributed by atoms with Crippen LogP contribution < -0.4 is 10.6 Å². The molecule has 0 saturated heterocycles. The molecule has 31 heavy (non-hydrogen) atoms. The van der Waals surface area contributed by atoms with E-state index in [2.05, 4.69) is 10.6 Å². The van der Waals surface area contributed by atoms with Gasteiger partial charge in [-0.1, -0.05) is 0 Å². The lowest BCUT2D eigenvalue weighted by atomic mass is 9.81. The molecule has 0 bridgehead atoms. The van der Waals surface area contributed by atoms with Crippen LogP contribution in [-0.2, 0) is 28.6 Å². The number of esters is 2. The summed E-state index contributed by atoms with van der Waals surface area (Å²) in [7, 11) is 0. The lowest BCUT2D eigenvalue weighted by Gasteiger charge is -2.31. The Hall–Kier alpha value is -3.04. The van der Waals surface area contributed by atoms with Crippen LogP contribution in [0.15, 0.2) is 22.5 Å². The van der Waals surface area contributed by atoms with Crippen LogP contribution in [0, 0.1) is 5.92 Å². The Morgan fingerprint density at radius 3 is 1.81 bits per heavy atom. The Morgan fingerprint density at radius 2 is 1.45 bits per heavy atom. The summed E-state index contributed by atoms with van der Waals surface area (Å²) < 4.78 is 15.4. The molecule has 0 fully saturated rings. The van der Waals surface area contributed by atoms with Crippen molar-refractivity contribution in [3.8, 4) is 0 Å². The summed E-state index contributed by atoms with van der Waals surface area (Å²) in [6.45, 7) is 11.6. The first kappa shape index (κ1) is 26.0. The molecular weight excluding hydrogens is 408 g/mol. The predicted molar refractivity (Wildman–Crippen MR) is 111 cm³/mol. The number of aliphatic carboxylic acids is 1. The second kappa shape index (κ2) is 10.8. The van der Waals surface area contributed by atoms with E-state index < -0.39 is 41.6 Å². The molecule has 1 amide bonds. The topological polar surface area (TPSA) is 140 Å². The summed E-state index contributed by atoms with van der Waals surface area (Å²) in [5.74, 6) is -3.69. The van der Waals surface area contributed by atoms with Gasteiger partial charge in [0.1, 0.15) is 11.6 Å². The van der Waals surface area contributed by atoms with Crippen molar-refractivity contribution in [3.05, 3.63) is 22.5 Å². The van der Waals surface area contributed by atoms with Crippen LogP contribution in [0.1, 0.15) is 54.9 Å². The normalized spacial score (nSPS) is 15.7. The number of carboxylic acids is 1. The van der Waals surface area contributed by atoms with E-state index in [1.54, 1.807) is 48.5 Å². The van der Waals surface area contributed by atoms with Crippen LogP contribution >= 0.6 is 0 Å². The van der Waals surface area contributed by atoms with E-state index in [-0.39, 0.29) is 30.8 Å². The van der Waals surface area contributed by atoms with Gasteiger partial charge in [-0.05, 0) is 54.9 Å². The van der Waals surface area contributed by atoms with Crippen LogP contribution in [0.2, 0.25) is 0 Å². The maximum Gasteiger partial charge on any atom is 0.408 e. The van der Waals surface area contributed by atoms with Gasteiger partial charge in [-0.3, -0.25) is 0 Å². The van der Waals surface area contributed by atoms with E-state index in [0.29, 0.717) is 11.4 Å². The van der Waals surface area contributed by atoms with Gasteiger partial charge in [0.2, 0.25) is 0 Å². The van der Waals surface area contributed by atoms with Crippen LogP contribution in [0.4, 0.5) is 4.79 Å². The highest BCUT2D eigenvalue weighted by Crippen LogP contribution is 2.35. The summed E-state index contributed by atoms with van der Waals surface area (Å²) in [5, 5.41) is 15.0. The third-order valence-corrected chi connectivity index (χ3v) is 4.33. The van der Waals surface area contributed by atoms with Gasteiger partial charge in [-0.25, -0.2) is 19.2 Å². The molecule has 0 aliphatic carbocycles. The standard InChI is InChI=1S/C21H32N2O8/c1-8-29-18(26)15-11(3)22-12(4)16(19(27)30-9-2)13(15)10-14(17(24)25)23-20(28)31-21(5,6)7/h13-14,22H,8-10H2,1-7H3,(H,23,28)(H,24,25)/t14-/m0/s1. The minimum absolute atomic E-state index is 0.0955. The number of alkyl carbamates (subject to hydrolysis) is 1. The summed E-state index contributed by atoms with van der Waals surface area (Å²) in [6.07, 6.45) is -1.21. The van der Waals surface area contributed by atoms with Crippen LogP contribution in [0.25, 0.3) is 0 Å². The number of ether oxygens (including phenoxy) is 3. The molecule has 0 aromatic heterocycles. The molecule has 1 rings (SSSR count). The van der Waals surface area contributed by atoms with Gasteiger partial charge in [0.05, 0.1) is 24.4 Å². The third-order valence-electron chi connectivity index (χ3n) is 4.33. The second-order valence-electron chi connectivity index (χ2n) is 7.97. The van der Waals surface area contributed by atoms with Crippen LogP contribution in [-0.4, -0.2) is 54.0 Å². The van der Waals surface area contributed by atoms with Gasteiger partial charge >= 0.3 is 24.0 Å². The van der Waals surface area contributed by atoms with Crippen LogP contribution in [0.5, 0.6) is 0 Å². The fraction of sp³-hybridized carbons (Fsp3) is 0.619. The summed E-state index contributed by atoms with van der Waals surface area (Å²) >= 11 is 0. The molecule has 0 radical (unpaired) electrons. The van der Waals surface area contributed by atoms with Crippen molar-refractivity contribution >= 4 is 24.0 Å². The van der Waals surface area contributed by atoms with Gasteiger partial charge in [0.25, 0.3) is 0 Å². The largest absolute Gasteiger partial charge is 0.480 e. The van der Waals surface area contributed by atoms with E-state index >= 15 is 0 Å². The third kappa shape index (κ3) is 7.30. The fourth-order valence-corrected chi connectivity index (χ4v) is 3.23. The van der Waals surface area contributed by atoms with Gasteiger partial charge in [-0.2, -0.15) is 0 Å². The summed E-state index contributed by atoms with van der Waals surface area (Å²) in [5.41, 5.74) is 0.229. The molecular formula is C21H32N2O8. The van der Waals surface area contributed by atoms with Gasteiger partial charge in [-0.15, -0.1) is 0 Å². The summed E-state index contributed by atoms with van der Waals surface area (Å²) in [6, 6.07) is -1.44. The first-order chi connectivity index (χ1) is 14.3. The number of carboxylic acid groups (broad SMARTS) is 1. The molecule has 0 spiro atoms. The highest BCUT2D eigenvalue weighted by atomic mass is 16.6. The zero-order valence-corrected chi connectivity index (χ0v) is 19.1. The first-order valence-corrected chi connectivity index (χ1v) is 10.1. The first-order valence-electron chi connectivity index (χ1n) is 10.1. The molecule has 1 aliphatic rings. The molecule has 1 atom stereocenters. The molecule has 0 unspecified atom stereocenters. The van der Waals surface area contributed by atoms with Crippen molar-refractivity contribution < 1.29 is 38.5 Å². The Bertz CT molecular complexity index is 752. The van der Waals surface area contributed by atoms with E-state index in [0.717, 1.165) is 0 Å². The zero-order chi connectivity index (χ0) is 23.9. The lowest BCUT2D eigenvalue weighted by molar-refractivity contribution is -0.143. The Labute approximate surface area is 182 Å². The minimum Gasteiger partial charge on any atom is -0.480 e. The van der Waals surface area contributed by atoms with Gasteiger partial charge < -0.3 is 30.0 Å². The number of carbonyl (C=O) groups is 4. The second-order valence-corrected chi connectivity index (χ2v) is 7.97. The number of allylic oxidation sites excluding steroid dienone is 2. The number of dihydropyridines is 1. The number of hydrogen-bond acceptors (Lipinski definition) is 8. The molecule has 0 aromatic carbocycles. The van der Waals surface area contributed by atoms with Gasteiger partial charge in [0.15, 0.2) is 0 Å². The number of rotatable bonds is 8. The van der Waals surface area contributed by atoms with Crippen molar-refractivity contribution in [3.63, 3.8) is 0 Å². The predicted octanol–water partition coefficient (Wildman–Crippen LogP) is 2.25. The molecule has 1 aliphatic heterocycles. The SMILES string of the molecule is CCOC(=O)C1=C(C)NC(C)=C(C(=O)OCC)C1C[C@H](NC(=O)OC(C)(C)C)C(=O)O. The maximum absolute atomic E-state index is 12.7. The molecule has 10 nitrogen and oxygen atoms in total. The Morgan fingerprint density at radius 1 is 1.00 bits per heavy atom. The van der Waals surface area contributed by atoms with Crippen molar-refractivity contribution in [2.75, 3.05) is 13.2 Å². The molecule has 0 aromatic rings. The fourth-order valence-electron chi connectivity index (χ4n) is 3.23. The zero-order valence-electron chi connectivity index (χ0n) is 19.1. The average molecular weight is 440 g/mol. The van der Waals surface area contributed by atoms with Crippen molar-refractivity contribution in [2.24, 2.45) is 5.92 Å². The molecule has 0 saturated carbocycles. The molecule has 3 N–H and O–H groups in total. The smallest absolute Gasteiger partial charge is 0.408 e. The van der Waals surface area contributed by atoms with Crippen molar-refractivity contribution in [2.45, 2.75) is 66.5 Å². The number of amides is 1. The molecule has 1 heterocycles. The maximum atomic E-state index is 12.7. The van der Waals surface area contributed by atoms with Crippen LogP contribution in [0.3, 0.4) is 0 Å². The van der Waals surface area contributed by atoms with E-state index in [9.17, 15) is 24.3 Å². The number of hydrogen-bond donors (Lipinski definition) is 3. The van der Waals surface area contributed by atoms with Gasteiger partial charge in [0, 0.05) is 17.3 Å². The average Bonchev–Trinajstić information content (AvgIpc) is 2.59. The molecule has 10 heteroatoms. The Balaban J connectivity index is 3.37. The highest BCUT2D eigenvalue weighted by Gasteiger charge is 2.40. The summed E-state index contributed by atoms with van der Waals surface area (Å²) in [4.78, 5) is 49.4. The quantitative estimate of drug-likeness (QED) is 0.383. The number of nitrogens with one attached hydrogen (secondary N) is 2. The molecule has 174 valence electrons. The van der Waals surface area contributed by atoms with E-state index in [1.807, 2.05) is 0 Å². The van der Waals surface area contributed by atoms with Crippen molar-refractivity contribution in [1.82, 2.24) is 10.6 Å².